The summed E-state index contributed by atoms with van der Waals surface area (Å²) in [5, 5.41) is 0. The first-order valence-electron chi connectivity index (χ1n) is 1.45. The Morgan fingerprint density at radius 3 is 1.14 bits per heavy atom. The number of hydrogen-bond acceptors (Lipinski definition) is 2. The molecule has 0 radical (unpaired) electrons. The zero-order chi connectivity index (χ0) is 4.50. The van der Waals surface area contributed by atoms with Crippen molar-refractivity contribution >= 4 is 8.56 Å². The topological polar surface area (TPSA) is 40.5 Å². The molecule has 0 saturated heterocycles. The van der Waals surface area contributed by atoms with Crippen LogP contribution in [0.4, 0.5) is 0 Å². The third-order valence-electron chi connectivity index (χ3n) is 0. The molecule has 0 spiro atoms. The van der Waals surface area contributed by atoms with Crippen LogP contribution in [0.2, 0.25) is 13.1 Å². The molecule has 0 aliphatic rings. The van der Waals surface area contributed by atoms with Gasteiger partial charge in [-0.25, -0.2) is 0 Å². The van der Waals surface area contributed by atoms with Crippen LogP contribution in [0, 0.1) is 0 Å². The molecule has 36 valence electrons. The Bertz CT molecular complexity index is 36.0. The van der Waals surface area contributed by atoms with Gasteiger partial charge in [0.1, 0.15) is 0 Å². The van der Waals surface area contributed by atoms with E-state index in [-0.39, 0.29) is 40.6 Å². The summed E-state index contributed by atoms with van der Waals surface area (Å²) in [5.74, 6) is 0. The molecule has 0 aromatic rings. The van der Waals surface area contributed by atoms with Crippen molar-refractivity contribution in [1.82, 2.24) is 0 Å². The molecule has 7 heavy (non-hydrogen) atoms. The van der Waals surface area contributed by atoms with E-state index < -0.39 is 8.56 Å². The molecule has 0 aromatic carbocycles. The summed E-state index contributed by atoms with van der Waals surface area (Å²) in [7, 11) is -2.61. The number of hydrogen-bond donors (Lipinski definition) is 2. The molecule has 0 amide bonds. The van der Waals surface area contributed by atoms with Crippen LogP contribution in [0.3, 0.4) is 0 Å². The fourth-order valence-corrected chi connectivity index (χ4v) is 0. The van der Waals surface area contributed by atoms with Crippen molar-refractivity contribution < 1.29 is 50.2 Å². The van der Waals surface area contributed by atoms with Gasteiger partial charge in [-0.1, -0.05) is 0 Å². The van der Waals surface area contributed by atoms with Gasteiger partial charge in [0.25, 0.3) is 0 Å². The monoisotopic (exact) mass is 108 g/mol. The van der Waals surface area contributed by atoms with Crippen LogP contribution in [0.25, 0.3) is 0 Å². The van der Waals surface area contributed by atoms with Gasteiger partial charge in [-0.2, -0.15) is 0 Å². The second kappa shape index (κ2) is 5.47. The second-order valence-corrected chi connectivity index (χ2v) is 4.48. The molecule has 0 aromatic heterocycles. The minimum atomic E-state index is -2.61. The smallest absolute Gasteiger partial charge is 1.00 e. The maximum absolute atomic E-state index is 8.22. The van der Waals surface area contributed by atoms with Gasteiger partial charge in [0, 0.05) is 0 Å². The van der Waals surface area contributed by atoms with E-state index in [1.165, 1.54) is 13.1 Å². The fourth-order valence-electron chi connectivity index (χ4n) is 0. The summed E-state index contributed by atoms with van der Waals surface area (Å²) in [6, 6.07) is 0. The van der Waals surface area contributed by atoms with Gasteiger partial charge in [-0.15, -0.1) is 0 Å². The molecule has 0 aliphatic heterocycles. The summed E-state index contributed by atoms with van der Waals surface area (Å²) in [6.07, 6.45) is 0. The van der Waals surface area contributed by atoms with E-state index in [0.29, 0.717) is 0 Å². The maximum Gasteiger partial charge on any atom is 1.00 e. The van der Waals surface area contributed by atoms with E-state index in [1.54, 1.807) is 0 Å². The largest absolute Gasteiger partial charge is 1.00 e. The van der Waals surface area contributed by atoms with Crippen LogP contribution >= 0.6 is 0 Å². The van der Waals surface area contributed by atoms with E-state index in [9.17, 15) is 0 Å². The molecule has 0 rings (SSSR count). The van der Waals surface area contributed by atoms with Gasteiger partial charge >= 0.3 is 46.3 Å². The Hall–Kier alpha value is 1.33. The molecule has 0 heterocycles. The predicted molar refractivity (Wildman–Crippen MR) is 24.1 cm³/mol. The third kappa shape index (κ3) is 118. The van der Waals surface area contributed by atoms with Gasteiger partial charge in [0.05, 0.1) is 0 Å². The molecular formula is C2H10Li2O2Si. The molecule has 0 fully saturated rings. The molecule has 0 bridgehead atoms. The maximum atomic E-state index is 8.22. The number of rotatable bonds is 0. The van der Waals surface area contributed by atoms with E-state index in [4.69, 9.17) is 9.59 Å². The Balaban J connectivity index is -0.0000000133. The predicted octanol–water partition coefficient (Wildman–Crippen LogP) is -6.09. The van der Waals surface area contributed by atoms with Crippen LogP contribution in [-0.2, 0) is 0 Å². The Morgan fingerprint density at radius 2 is 1.14 bits per heavy atom. The van der Waals surface area contributed by atoms with Crippen LogP contribution in [-0.4, -0.2) is 18.2 Å². The molecule has 2 nitrogen and oxygen atoms in total. The van der Waals surface area contributed by atoms with E-state index in [2.05, 4.69) is 0 Å². The minimum Gasteiger partial charge on any atom is -1.00 e. The van der Waals surface area contributed by atoms with E-state index >= 15 is 0 Å². The first-order chi connectivity index (χ1) is 2.00. The van der Waals surface area contributed by atoms with Crippen LogP contribution in [0.1, 0.15) is 2.85 Å². The third-order valence-corrected chi connectivity index (χ3v) is 0. The quantitative estimate of drug-likeness (QED) is 0.303. The van der Waals surface area contributed by atoms with Crippen LogP contribution < -0.4 is 37.7 Å². The minimum absolute atomic E-state index is 0. The first kappa shape index (κ1) is 15.8. The molecule has 0 aliphatic carbocycles. The fraction of sp³-hybridized carbons (Fsp3) is 1.00. The van der Waals surface area contributed by atoms with Crippen molar-refractivity contribution in [2.24, 2.45) is 0 Å². The van der Waals surface area contributed by atoms with Crippen molar-refractivity contribution in [1.29, 1.82) is 0 Å². The van der Waals surface area contributed by atoms with Gasteiger partial charge in [0.2, 0.25) is 0 Å². The molecule has 0 atom stereocenters. The molecule has 0 saturated carbocycles. The second-order valence-electron chi connectivity index (χ2n) is 1.49. The van der Waals surface area contributed by atoms with Crippen molar-refractivity contribution in [3.05, 3.63) is 0 Å². The van der Waals surface area contributed by atoms with Crippen molar-refractivity contribution in [3.8, 4) is 0 Å². The summed E-state index contributed by atoms with van der Waals surface area (Å²) in [6.45, 7) is 2.88. The Morgan fingerprint density at radius 1 is 1.14 bits per heavy atom. The first-order valence-corrected chi connectivity index (χ1v) is 4.34. The van der Waals surface area contributed by atoms with Crippen molar-refractivity contribution in [3.63, 3.8) is 0 Å². The van der Waals surface area contributed by atoms with E-state index in [1.807, 2.05) is 0 Å². The molecule has 2 N–H and O–H groups in total. The summed E-state index contributed by atoms with van der Waals surface area (Å²) < 4.78 is 0. The van der Waals surface area contributed by atoms with Gasteiger partial charge in [0.15, 0.2) is 0 Å². The standard InChI is InChI=1S/C2H8O2Si.2Li.2H/c1-5(2,3)4;;;;/h3-4H,1-2H3;;;;/q;2*+1;2*-1. The molecule has 5 heteroatoms. The average Bonchev–Trinajstić information content (AvgIpc) is 0.722. The van der Waals surface area contributed by atoms with Crippen LogP contribution in [0.15, 0.2) is 0 Å². The summed E-state index contributed by atoms with van der Waals surface area (Å²) in [4.78, 5) is 16.4. The summed E-state index contributed by atoms with van der Waals surface area (Å²) in [5.41, 5.74) is 0. The molecular weight excluding hydrogens is 98.0 g/mol. The molecule has 0 unspecified atom stereocenters. The van der Waals surface area contributed by atoms with Crippen LogP contribution in [0.5, 0.6) is 0 Å². The normalized spacial score (nSPS) is 8.57. The zero-order valence-electron chi connectivity index (χ0n) is 7.39. The van der Waals surface area contributed by atoms with Gasteiger partial charge in [-0.3, -0.25) is 0 Å². The van der Waals surface area contributed by atoms with Crippen molar-refractivity contribution in [2.75, 3.05) is 0 Å². The zero-order valence-corrected chi connectivity index (χ0v) is 6.39. The Kier molecular flexibility index (Phi) is 12.3. The van der Waals surface area contributed by atoms with Gasteiger partial charge in [-0.05, 0) is 13.1 Å². The van der Waals surface area contributed by atoms with Gasteiger partial charge < -0.3 is 12.4 Å². The van der Waals surface area contributed by atoms with Crippen molar-refractivity contribution in [2.45, 2.75) is 13.1 Å². The Labute approximate surface area is 71.9 Å². The summed E-state index contributed by atoms with van der Waals surface area (Å²) >= 11 is 0. The van der Waals surface area contributed by atoms with E-state index in [0.717, 1.165) is 0 Å². The SMILES string of the molecule is C[Si](C)(O)O.[H-].[H-].[Li+].[Li+]. The average molecular weight is 108 g/mol.